The first-order valence-electron chi connectivity index (χ1n) is 6.13. The number of halogens is 1. The quantitative estimate of drug-likeness (QED) is 0.757. The smallest absolute Gasteiger partial charge is 0.337 e. The van der Waals surface area contributed by atoms with E-state index in [4.69, 9.17) is 22.4 Å². The summed E-state index contributed by atoms with van der Waals surface area (Å²) in [6.07, 6.45) is 0.101. The second-order valence-electron chi connectivity index (χ2n) is 4.47. The van der Waals surface area contributed by atoms with Crippen LogP contribution in [0.1, 0.15) is 15.9 Å². The molecule has 0 aliphatic rings. The van der Waals surface area contributed by atoms with E-state index in [0.717, 1.165) is 5.56 Å². The van der Waals surface area contributed by atoms with Crippen molar-refractivity contribution in [3.05, 3.63) is 58.6 Å². The molecule has 0 heterocycles. The number of nitrogen functional groups attached to an aromatic ring is 1. The zero-order valence-electron chi connectivity index (χ0n) is 11.0. The normalized spacial score (nSPS) is 10.1. The summed E-state index contributed by atoms with van der Waals surface area (Å²) in [5, 5.41) is 12.2. The van der Waals surface area contributed by atoms with Crippen LogP contribution in [-0.2, 0) is 11.2 Å². The van der Waals surface area contributed by atoms with E-state index < -0.39 is 5.97 Å². The summed E-state index contributed by atoms with van der Waals surface area (Å²) in [7, 11) is 0. The fourth-order valence-electron chi connectivity index (χ4n) is 1.87. The van der Waals surface area contributed by atoms with Crippen LogP contribution < -0.4 is 11.1 Å². The van der Waals surface area contributed by atoms with Crippen LogP contribution in [0.2, 0.25) is 5.02 Å². The molecule has 0 bridgehead atoms. The van der Waals surface area contributed by atoms with Crippen molar-refractivity contribution >= 4 is 34.9 Å². The summed E-state index contributed by atoms with van der Waals surface area (Å²) in [6.45, 7) is 0. The minimum atomic E-state index is -1.15. The third-order valence-corrected chi connectivity index (χ3v) is 3.04. The van der Waals surface area contributed by atoms with Crippen molar-refractivity contribution < 1.29 is 14.7 Å². The summed E-state index contributed by atoms with van der Waals surface area (Å²) in [6, 6.07) is 11.2. The van der Waals surface area contributed by atoms with Crippen LogP contribution in [0.5, 0.6) is 0 Å². The number of rotatable bonds is 4. The number of hydrogen-bond donors (Lipinski definition) is 3. The van der Waals surface area contributed by atoms with Crippen molar-refractivity contribution in [2.75, 3.05) is 11.1 Å². The van der Waals surface area contributed by atoms with Gasteiger partial charge < -0.3 is 16.2 Å². The largest absolute Gasteiger partial charge is 0.478 e. The molecule has 4 N–H and O–H groups in total. The van der Waals surface area contributed by atoms with Gasteiger partial charge in [0.05, 0.1) is 17.7 Å². The molecule has 0 fully saturated rings. The molecule has 0 unspecified atom stereocenters. The first-order chi connectivity index (χ1) is 9.95. The van der Waals surface area contributed by atoms with E-state index in [0.29, 0.717) is 10.7 Å². The molecule has 2 aromatic rings. The monoisotopic (exact) mass is 304 g/mol. The highest BCUT2D eigenvalue weighted by Crippen LogP contribution is 2.19. The predicted molar refractivity (Wildman–Crippen MR) is 81.6 cm³/mol. The van der Waals surface area contributed by atoms with Crippen LogP contribution in [0.4, 0.5) is 11.4 Å². The summed E-state index contributed by atoms with van der Waals surface area (Å²) >= 11 is 5.85. The van der Waals surface area contributed by atoms with E-state index in [1.54, 1.807) is 24.3 Å². The number of anilines is 2. The lowest BCUT2D eigenvalue weighted by molar-refractivity contribution is -0.115. The fourth-order valence-corrected chi connectivity index (χ4v) is 2.09. The number of carbonyl (C=O) groups is 2. The molecule has 2 aromatic carbocycles. The minimum absolute atomic E-state index is 0.0468. The maximum atomic E-state index is 12.0. The van der Waals surface area contributed by atoms with E-state index in [1.165, 1.54) is 18.2 Å². The molecule has 0 spiro atoms. The van der Waals surface area contributed by atoms with E-state index >= 15 is 0 Å². The Morgan fingerprint density at radius 1 is 1.19 bits per heavy atom. The molecular formula is C15H13ClN2O3. The van der Waals surface area contributed by atoms with Crippen LogP contribution in [0, 0.1) is 0 Å². The number of benzene rings is 2. The highest BCUT2D eigenvalue weighted by atomic mass is 35.5. The zero-order valence-corrected chi connectivity index (χ0v) is 11.7. The van der Waals surface area contributed by atoms with Gasteiger partial charge in [-0.25, -0.2) is 4.79 Å². The summed E-state index contributed by atoms with van der Waals surface area (Å²) in [5.74, 6) is -1.48. The van der Waals surface area contributed by atoms with Crippen molar-refractivity contribution in [3.8, 4) is 0 Å². The number of carboxylic acid groups (broad SMARTS) is 1. The lowest BCUT2D eigenvalue weighted by atomic mass is 10.1. The molecule has 0 aliphatic carbocycles. The Hall–Kier alpha value is -2.53. The van der Waals surface area contributed by atoms with Crippen molar-refractivity contribution in [1.29, 1.82) is 0 Å². The number of amides is 1. The Labute approximate surface area is 126 Å². The summed E-state index contributed by atoms with van der Waals surface area (Å²) in [4.78, 5) is 23.1. The van der Waals surface area contributed by atoms with Gasteiger partial charge in [0, 0.05) is 10.7 Å². The number of hydrogen-bond acceptors (Lipinski definition) is 3. The highest BCUT2D eigenvalue weighted by molar-refractivity contribution is 6.30. The van der Waals surface area contributed by atoms with Gasteiger partial charge in [-0.05, 0) is 35.9 Å². The molecule has 0 saturated carbocycles. The zero-order chi connectivity index (χ0) is 15.4. The molecule has 21 heavy (non-hydrogen) atoms. The number of carbonyl (C=O) groups excluding carboxylic acids is 1. The van der Waals surface area contributed by atoms with E-state index in [-0.39, 0.29) is 23.6 Å². The van der Waals surface area contributed by atoms with E-state index in [9.17, 15) is 9.59 Å². The molecule has 1 amide bonds. The van der Waals surface area contributed by atoms with Crippen molar-refractivity contribution in [1.82, 2.24) is 0 Å². The number of carboxylic acids is 1. The lowest BCUT2D eigenvalue weighted by Crippen LogP contribution is -2.17. The minimum Gasteiger partial charge on any atom is -0.478 e. The third kappa shape index (κ3) is 3.97. The average molecular weight is 305 g/mol. The summed E-state index contributed by atoms with van der Waals surface area (Å²) < 4.78 is 0. The third-order valence-electron chi connectivity index (χ3n) is 2.80. The molecule has 2 rings (SSSR count). The van der Waals surface area contributed by atoms with Crippen molar-refractivity contribution in [2.24, 2.45) is 0 Å². The van der Waals surface area contributed by atoms with Gasteiger partial charge in [0.2, 0.25) is 5.91 Å². The van der Waals surface area contributed by atoms with Gasteiger partial charge in [-0.3, -0.25) is 4.79 Å². The van der Waals surface area contributed by atoms with E-state index in [2.05, 4.69) is 5.32 Å². The van der Waals surface area contributed by atoms with Crippen LogP contribution in [0.25, 0.3) is 0 Å². The molecule has 0 radical (unpaired) electrons. The maximum absolute atomic E-state index is 12.0. The number of nitrogens with two attached hydrogens (primary N) is 1. The van der Waals surface area contributed by atoms with Crippen LogP contribution >= 0.6 is 11.6 Å². The molecule has 0 aliphatic heterocycles. The lowest BCUT2D eigenvalue weighted by Gasteiger charge is -2.09. The average Bonchev–Trinajstić information content (AvgIpc) is 2.40. The Balaban J connectivity index is 2.15. The van der Waals surface area contributed by atoms with Crippen LogP contribution in [-0.4, -0.2) is 17.0 Å². The number of aromatic carboxylic acids is 1. The highest BCUT2D eigenvalue weighted by Gasteiger charge is 2.13. The summed E-state index contributed by atoms with van der Waals surface area (Å²) in [5.41, 5.74) is 6.77. The molecule has 0 saturated heterocycles. The van der Waals surface area contributed by atoms with Gasteiger partial charge in [0.25, 0.3) is 0 Å². The van der Waals surface area contributed by atoms with Gasteiger partial charge in [0.1, 0.15) is 0 Å². The Morgan fingerprint density at radius 3 is 2.62 bits per heavy atom. The second kappa shape index (κ2) is 6.28. The molecular weight excluding hydrogens is 292 g/mol. The van der Waals surface area contributed by atoms with Gasteiger partial charge in [-0.1, -0.05) is 23.7 Å². The Kier molecular flexibility index (Phi) is 4.45. The molecule has 0 aromatic heterocycles. The van der Waals surface area contributed by atoms with Gasteiger partial charge in [-0.2, -0.15) is 0 Å². The Morgan fingerprint density at radius 2 is 1.95 bits per heavy atom. The molecule has 5 nitrogen and oxygen atoms in total. The van der Waals surface area contributed by atoms with Crippen molar-refractivity contribution in [3.63, 3.8) is 0 Å². The SMILES string of the molecule is Nc1ccc(NC(=O)Cc2cccc(Cl)c2)c(C(=O)O)c1. The first-order valence-corrected chi connectivity index (χ1v) is 6.50. The second-order valence-corrected chi connectivity index (χ2v) is 4.90. The Bertz CT molecular complexity index is 701. The maximum Gasteiger partial charge on any atom is 0.337 e. The van der Waals surface area contributed by atoms with Crippen LogP contribution in [0.3, 0.4) is 0 Å². The van der Waals surface area contributed by atoms with Gasteiger partial charge >= 0.3 is 5.97 Å². The van der Waals surface area contributed by atoms with E-state index in [1.807, 2.05) is 0 Å². The fraction of sp³-hybridized carbons (Fsp3) is 0.0667. The molecule has 0 atom stereocenters. The predicted octanol–water partition coefficient (Wildman–Crippen LogP) is 2.80. The van der Waals surface area contributed by atoms with Crippen LogP contribution in [0.15, 0.2) is 42.5 Å². The first kappa shape index (κ1) is 14.9. The topological polar surface area (TPSA) is 92.4 Å². The number of nitrogens with one attached hydrogen (secondary N) is 1. The molecule has 6 heteroatoms. The molecule has 108 valence electrons. The van der Waals surface area contributed by atoms with Gasteiger partial charge in [0.15, 0.2) is 0 Å². The van der Waals surface area contributed by atoms with Crippen molar-refractivity contribution in [2.45, 2.75) is 6.42 Å². The van der Waals surface area contributed by atoms with Gasteiger partial charge in [-0.15, -0.1) is 0 Å². The standard InChI is InChI=1S/C15H13ClN2O3/c16-10-3-1-2-9(6-10)7-14(19)18-13-5-4-11(17)8-12(13)15(20)21/h1-6,8H,7,17H2,(H,18,19)(H,20,21).